The molecule has 0 radical (unpaired) electrons. The average molecular weight is 366 g/mol. The van der Waals surface area contributed by atoms with Crippen LogP contribution in [0.2, 0.25) is 10.0 Å². The van der Waals surface area contributed by atoms with Crippen LogP contribution in [0.4, 0.5) is 5.69 Å². The van der Waals surface area contributed by atoms with Gasteiger partial charge >= 0.3 is 0 Å². The van der Waals surface area contributed by atoms with Crippen LogP contribution in [0.3, 0.4) is 0 Å². The van der Waals surface area contributed by atoms with Crippen LogP contribution in [0.5, 0.6) is 11.5 Å². The summed E-state index contributed by atoms with van der Waals surface area (Å²) in [6, 6.07) is 10.7. The lowest BCUT2D eigenvalue weighted by molar-refractivity contribution is -0.116. The molecule has 0 saturated carbocycles. The third-order valence-corrected chi connectivity index (χ3v) is 4.25. The van der Waals surface area contributed by atoms with Crippen LogP contribution in [0, 0.1) is 0 Å². The van der Waals surface area contributed by atoms with E-state index >= 15 is 0 Å². The number of aryl methyl sites for hydroxylation is 1. The Morgan fingerprint density at radius 1 is 1.04 bits per heavy atom. The average Bonchev–Trinajstić information content (AvgIpc) is 2.79. The first-order valence-corrected chi connectivity index (χ1v) is 8.51. The largest absolute Gasteiger partial charge is 0.490 e. The zero-order valence-electron chi connectivity index (χ0n) is 13.0. The second-order valence-corrected chi connectivity index (χ2v) is 6.34. The fourth-order valence-corrected chi connectivity index (χ4v) is 2.94. The van der Waals surface area contributed by atoms with E-state index in [2.05, 4.69) is 5.32 Å². The van der Waals surface area contributed by atoms with Crippen molar-refractivity contribution in [2.24, 2.45) is 0 Å². The van der Waals surface area contributed by atoms with Crippen molar-refractivity contribution >= 4 is 34.8 Å². The van der Waals surface area contributed by atoms with E-state index in [0.29, 0.717) is 53.3 Å². The number of anilines is 1. The molecule has 0 fully saturated rings. The summed E-state index contributed by atoms with van der Waals surface area (Å²) in [7, 11) is 0. The Morgan fingerprint density at radius 3 is 2.62 bits per heavy atom. The van der Waals surface area contributed by atoms with E-state index in [0.717, 1.165) is 12.0 Å². The highest BCUT2D eigenvalue weighted by Gasteiger charge is 2.12. The van der Waals surface area contributed by atoms with E-state index in [-0.39, 0.29) is 5.91 Å². The second kappa shape index (κ2) is 7.77. The van der Waals surface area contributed by atoms with Gasteiger partial charge in [-0.3, -0.25) is 4.79 Å². The summed E-state index contributed by atoms with van der Waals surface area (Å²) in [5, 5.41) is 4.03. The highest BCUT2D eigenvalue weighted by atomic mass is 35.5. The number of hydrogen-bond donors (Lipinski definition) is 1. The molecule has 0 bridgehead atoms. The van der Waals surface area contributed by atoms with Crippen molar-refractivity contribution in [3.05, 3.63) is 52.0 Å². The van der Waals surface area contributed by atoms with Crippen molar-refractivity contribution in [2.45, 2.75) is 19.3 Å². The highest BCUT2D eigenvalue weighted by molar-refractivity contribution is 6.35. The molecule has 1 N–H and O–H groups in total. The molecule has 1 aliphatic heterocycles. The standard InChI is InChI=1S/C18H17Cl2NO3/c19-13-4-2-12(15(20)10-13)3-7-18(22)21-14-5-6-16-17(11-14)24-9-1-8-23-16/h2,4-6,10-11H,1,3,7-9H2,(H,21,22). The molecule has 3 rings (SSSR count). The molecule has 1 aliphatic rings. The van der Waals surface area contributed by atoms with Gasteiger partial charge < -0.3 is 14.8 Å². The Kier molecular flexibility index (Phi) is 5.48. The maximum absolute atomic E-state index is 12.1. The molecule has 0 aliphatic carbocycles. The number of carbonyl (C=O) groups excluding carboxylic acids is 1. The lowest BCUT2D eigenvalue weighted by atomic mass is 10.1. The number of amides is 1. The monoisotopic (exact) mass is 365 g/mol. The molecule has 1 heterocycles. The molecule has 0 saturated heterocycles. The SMILES string of the molecule is O=C(CCc1ccc(Cl)cc1Cl)Nc1ccc2c(c1)OCCCO2. The molecule has 1 amide bonds. The van der Waals surface area contributed by atoms with E-state index in [1.165, 1.54) is 0 Å². The number of hydrogen-bond acceptors (Lipinski definition) is 3. The number of benzene rings is 2. The second-order valence-electron chi connectivity index (χ2n) is 5.50. The summed E-state index contributed by atoms with van der Waals surface area (Å²) in [5.41, 5.74) is 1.58. The van der Waals surface area contributed by atoms with Gasteiger partial charge in [-0.2, -0.15) is 0 Å². The first kappa shape index (κ1) is 16.9. The van der Waals surface area contributed by atoms with Gasteiger partial charge in [0, 0.05) is 34.6 Å². The van der Waals surface area contributed by atoms with Gasteiger partial charge in [0.15, 0.2) is 11.5 Å². The molecule has 6 heteroatoms. The number of carbonyl (C=O) groups is 1. The molecular weight excluding hydrogens is 349 g/mol. The van der Waals surface area contributed by atoms with Crippen molar-refractivity contribution in [1.82, 2.24) is 0 Å². The minimum absolute atomic E-state index is 0.0875. The van der Waals surface area contributed by atoms with Gasteiger partial charge in [0.1, 0.15) is 0 Å². The fraction of sp³-hybridized carbons (Fsp3) is 0.278. The van der Waals surface area contributed by atoms with Crippen molar-refractivity contribution in [3.8, 4) is 11.5 Å². The molecule has 2 aromatic rings. The molecular formula is C18H17Cl2NO3. The molecule has 4 nitrogen and oxygen atoms in total. The van der Waals surface area contributed by atoms with Crippen LogP contribution >= 0.6 is 23.2 Å². The van der Waals surface area contributed by atoms with Gasteiger partial charge in [-0.15, -0.1) is 0 Å². The topological polar surface area (TPSA) is 47.6 Å². The Labute approximate surface area is 150 Å². The smallest absolute Gasteiger partial charge is 0.224 e. The normalized spacial score (nSPS) is 13.2. The molecule has 0 atom stereocenters. The summed E-state index contributed by atoms with van der Waals surface area (Å²) in [6.45, 7) is 1.25. The van der Waals surface area contributed by atoms with Gasteiger partial charge in [0.05, 0.1) is 13.2 Å². The third-order valence-electron chi connectivity index (χ3n) is 3.67. The lowest BCUT2D eigenvalue weighted by Crippen LogP contribution is -2.12. The molecule has 2 aromatic carbocycles. The van der Waals surface area contributed by atoms with Crippen LogP contribution in [-0.4, -0.2) is 19.1 Å². The quantitative estimate of drug-likeness (QED) is 0.851. The molecule has 0 spiro atoms. The van der Waals surface area contributed by atoms with E-state index in [1.54, 1.807) is 24.3 Å². The predicted molar refractivity (Wildman–Crippen MR) is 95.5 cm³/mol. The highest BCUT2D eigenvalue weighted by Crippen LogP contribution is 2.32. The predicted octanol–water partition coefficient (Wildman–Crippen LogP) is 4.73. The van der Waals surface area contributed by atoms with Crippen LogP contribution in [0.1, 0.15) is 18.4 Å². The zero-order valence-corrected chi connectivity index (χ0v) is 14.5. The van der Waals surface area contributed by atoms with Gasteiger partial charge in [0.25, 0.3) is 0 Å². The summed E-state index contributed by atoms with van der Waals surface area (Å²) < 4.78 is 11.2. The Bertz CT molecular complexity index is 749. The van der Waals surface area contributed by atoms with Gasteiger partial charge in [-0.25, -0.2) is 0 Å². The van der Waals surface area contributed by atoms with Crippen LogP contribution in [0.25, 0.3) is 0 Å². The van der Waals surface area contributed by atoms with E-state index in [9.17, 15) is 4.79 Å². The maximum Gasteiger partial charge on any atom is 0.224 e. The minimum atomic E-state index is -0.0875. The fourth-order valence-electron chi connectivity index (χ4n) is 2.44. The van der Waals surface area contributed by atoms with Crippen molar-refractivity contribution in [2.75, 3.05) is 18.5 Å². The Hall–Kier alpha value is -1.91. The molecule has 0 unspecified atom stereocenters. The van der Waals surface area contributed by atoms with E-state index in [4.69, 9.17) is 32.7 Å². The number of halogens is 2. The van der Waals surface area contributed by atoms with E-state index < -0.39 is 0 Å². The number of ether oxygens (including phenoxy) is 2. The van der Waals surface area contributed by atoms with E-state index in [1.807, 2.05) is 12.1 Å². The lowest BCUT2D eigenvalue weighted by Gasteiger charge is -2.10. The maximum atomic E-state index is 12.1. The Morgan fingerprint density at radius 2 is 1.83 bits per heavy atom. The van der Waals surface area contributed by atoms with Gasteiger partial charge in [0.2, 0.25) is 5.91 Å². The first-order chi connectivity index (χ1) is 11.6. The molecule has 24 heavy (non-hydrogen) atoms. The summed E-state index contributed by atoms with van der Waals surface area (Å²) in [4.78, 5) is 12.1. The number of rotatable bonds is 4. The van der Waals surface area contributed by atoms with Crippen LogP contribution in [0.15, 0.2) is 36.4 Å². The third kappa shape index (κ3) is 4.34. The summed E-state index contributed by atoms with van der Waals surface area (Å²) >= 11 is 12.0. The minimum Gasteiger partial charge on any atom is -0.490 e. The molecule has 0 aromatic heterocycles. The van der Waals surface area contributed by atoms with Gasteiger partial charge in [-0.05, 0) is 36.2 Å². The van der Waals surface area contributed by atoms with Crippen molar-refractivity contribution in [1.29, 1.82) is 0 Å². The zero-order chi connectivity index (χ0) is 16.9. The van der Waals surface area contributed by atoms with Crippen LogP contribution < -0.4 is 14.8 Å². The summed E-state index contributed by atoms with van der Waals surface area (Å²) in [6.07, 6.45) is 1.72. The molecule has 126 valence electrons. The van der Waals surface area contributed by atoms with Crippen molar-refractivity contribution in [3.63, 3.8) is 0 Å². The van der Waals surface area contributed by atoms with Gasteiger partial charge in [-0.1, -0.05) is 29.3 Å². The number of fused-ring (bicyclic) bond motifs is 1. The van der Waals surface area contributed by atoms with Crippen molar-refractivity contribution < 1.29 is 14.3 Å². The van der Waals surface area contributed by atoms with Crippen LogP contribution in [-0.2, 0) is 11.2 Å². The summed E-state index contributed by atoms with van der Waals surface area (Å²) in [5.74, 6) is 1.28. The Balaban J connectivity index is 1.59. The number of nitrogens with one attached hydrogen (secondary N) is 1. The first-order valence-electron chi connectivity index (χ1n) is 7.75.